The van der Waals surface area contributed by atoms with E-state index in [1.54, 1.807) is 51.1 Å². The summed E-state index contributed by atoms with van der Waals surface area (Å²) in [7, 11) is -4.76. The minimum Gasteiger partial charge on any atom is -0.491 e. The first kappa shape index (κ1) is 19.0. The fraction of sp³-hybridized carbons (Fsp3) is 0.467. The van der Waals surface area contributed by atoms with Gasteiger partial charge in [0.1, 0.15) is 30.0 Å². The van der Waals surface area contributed by atoms with Gasteiger partial charge in [0.15, 0.2) is 0 Å². The molecular formula is C15H20N2O7S. The smallest absolute Gasteiger partial charge is 0.408 e. The number of rotatable bonds is 5. The molecule has 2 rings (SSSR count). The van der Waals surface area contributed by atoms with Crippen molar-refractivity contribution < 1.29 is 32.0 Å². The van der Waals surface area contributed by atoms with Crippen LogP contribution in [0.25, 0.3) is 0 Å². The van der Waals surface area contributed by atoms with Gasteiger partial charge in [0.05, 0.1) is 0 Å². The topological polar surface area (TPSA) is 122 Å². The predicted molar refractivity (Wildman–Crippen MR) is 87.3 cm³/mol. The highest BCUT2D eigenvalue weighted by Gasteiger charge is 2.54. The fourth-order valence-corrected chi connectivity index (χ4v) is 3.12. The monoisotopic (exact) mass is 372 g/mol. The maximum Gasteiger partial charge on any atom is 0.408 e. The van der Waals surface area contributed by atoms with E-state index < -0.39 is 40.0 Å². The molecule has 2 N–H and O–H groups in total. The summed E-state index contributed by atoms with van der Waals surface area (Å²) in [6.45, 7) is 4.71. The van der Waals surface area contributed by atoms with Crippen molar-refractivity contribution in [3.05, 3.63) is 30.3 Å². The second kappa shape index (κ2) is 6.89. The Kier molecular flexibility index (Phi) is 5.23. The van der Waals surface area contributed by atoms with Gasteiger partial charge < -0.3 is 14.8 Å². The van der Waals surface area contributed by atoms with Crippen LogP contribution in [0.4, 0.5) is 4.79 Å². The van der Waals surface area contributed by atoms with E-state index in [-0.39, 0.29) is 10.9 Å². The number of nitrogens with one attached hydrogen (secondary N) is 1. The Morgan fingerprint density at radius 2 is 1.88 bits per heavy atom. The lowest BCUT2D eigenvalue weighted by molar-refractivity contribution is -0.143. The predicted octanol–water partition coefficient (Wildman–Crippen LogP) is 0.972. The Morgan fingerprint density at radius 1 is 1.28 bits per heavy atom. The van der Waals surface area contributed by atoms with E-state index in [0.717, 1.165) is 0 Å². The third-order valence-electron chi connectivity index (χ3n) is 3.25. The van der Waals surface area contributed by atoms with Crippen molar-refractivity contribution in [2.75, 3.05) is 6.61 Å². The second-order valence-corrected chi connectivity index (χ2v) is 7.72. The SMILES string of the molecule is CC(C)(C)OC(=O)NC1C(=O)N(S(=O)(=O)O)C1COc1ccccc1. The van der Waals surface area contributed by atoms with Gasteiger partial charge in [-0.05, 0) is 32.9 Å². The third-order valence-corrected chi connectivity index (χ3v) is 4.20. The summed E-state index contributed by atoms with van der Waals surface area (Å²) in [6.07, 6.45) is -0.870. The van der Waals surface area contributed by atoms with Crippen LogP contribution < -0.4 is 10.1 Å². The van der Waals surface area contributed by atoms with Gasteiger partial charge in [-0.25, -0.2) is 9.10 Å². The van der Waals surface area contributed by atoms with Crippen molar-refractivity contribution in [1.82, 2.24) is 9.62 Å². The molecule has 10 heteroatoms. The zero-order valence-corrected chi connectivity index (χ0v) is 14.8. The number of carbonyl (C=O) groups is 2. The van der Waals surface area contributed by atoms with E-state index in [0.29, 0.717) is 5.75 Å². The van der Waals surface area contributed by atoms with Crippen LogP contribution in [-0.2, 0) is 19.8 Å². The lowest BCUT2D eigenvalue weighted by Crippen LogP contribution is -2.73. The standard InChI is InChI=1S/C15H20N2O7S/c1-15(2,3)24-14(19)16-12-11(17(13(12)18)25(20,21)22)9-23-10-7-5-4-6-8-10/h4-8,11-12H,9H2,1-3H3,(H,16,19)(H,20,21,22). The quantitative estimate of drug-likeness (QED) is 0.583. The van der Waals surface area contributed by atoms with Crippen molar-refractivity contribution in [2.24, 2.45) is 0 Å². The van der Waals surface area contributed by atoms with Crippen molar-refractivity contribution in [2.45, 2.75) is 38.5 Å². The minimum atomic E-state index is -4.76. The van der Waals surface area contributed by atoms with Crippen LogP contribution in [0.3, 0.4) is 0 Å². The van der Waals surface area contributed by atoms with E-state index in [2.05, 4.69) is 5.32 Å². The number of nitrogens with zero attached hydrogens (tertiary/aromatic N) is 1. The van der Waals surface area contributed by atoms with Crippen LogP contribution in [0.1, 0.15) is 20.8 Å². The third kappa shape index (κ3) is 4.83. The average molecular weight is 372 g/mol. The summed E-state index contributed by atoms with van der Waals surface area (Å²) in [5, 5.41) is 2.30. The van der Waals surface area contributed by atoms with Crippen molar-refractivity contribution in [3.8, 4) is 5.75 Å². The molecule has 0 spiro atoms. The van der Waals surface area contributed by atoms with Crippen LogP contribution in [0.2, 0.25) is 0 Å². The van der Waals surface area contributed by atoms with Crippen LogP contribution in [-0.4, -0.2) is 53.6 Å². The molecular weight excluding hydrogens is 352 g/mol. The van der Waals surface area contributed by atoms with Gasteiger partial charge in [0, 0.05) is 0 Å². The Morgan fingerprint density at radius 3 is 2.40 bits per heavy atom. The molecule has 138 valence electrons. The molecule has 0 aromatic heterocycles. The summed E-state index contributed by atoms with van der Waals surface area (Å²) >= 11 is 0. The molecule has 0 radical (unpaired) electrons. The summed E-state index contributed by atoms with van der Waals surface area (Å²) < 4.78 is 42.7. The molecule has 2 unspecified atom stereocenters. The molecule has 2 amide bonds. The Bertz CT molecular complexity index is 743. The molecule has 1 aliphatic rings. The fourth-order valence-electron chi connectivity index (χ4n) is 2.26. The molecule has 1 fully saturated rings. The Labute approximate surface area is 145 Å². The maximum absolute atomic E-state index is 12.0. The molecule has 25 heavy (non-hydrogen) atoms. The van der Waals surface area contributed by atoms with Gasteiger partial charge >= 0.3 is 16.4 Å². The minimum absolute atomic E-state index is 0.240. The highest BCUT2D eigenvalue weighted by molar-refractivity contribution is 7.84. The zero-order valence-electron chi connectivity index (χ0n) is 14.0. The molecule has 1 saturated heterocycles. The van der Waals surface area contributed by atoms with Crippen LogP contribution in [0.15, 0.2) is 30.3 Å². The van der Waals surface area contributed by atoms with Gasteiger partial charge in [-0.15, -0.1) is 0 Å². The Balaban J connectivity index is 2.09. The van der Waals surface area contributed by atoms with E-state index in [9.17, 15) is 22.6 Å². The number of alkyl carbamates (subject to hydrolysis) is 1. The lowest BCUT2D eigenvalue weighted by atomic mass is 10.00. The first-order chi connectivity index (χ1) is 11.5. The van der Waals surface area contributed by atoms with Crippen molar-refractivity contribution in [3.63, 3.8) is 0 Å². The van der Waals surface area contributed by atoms with Crippen LogP contribution >= 0.6 is 0 Å². The van der Waals surface area contributed by atoms with Crippen molar-refractivity contribution in [1.29, 1.82) is 0 Å². The molecule has 1 aliphatic heterocycles. The van der Waals surface area contributed by atoms with Crippen LogP contribution in [0.5, 0.6) is 5.75 Å². The second-order valence-electron chi connectivity index (χ2n) is 6.43. The zero-order chi connectivity index (χ0) is 18.8. The summed E-state index contributed by atoms with van der Waals surface area (Å²) in [4.78, 5) is 23.8. The molecule has 1 aromatic rings. The number of benzene rings is 1. The highest BCUT2D eigenvalue weighted by Crippen LogP contribution is 2.25. The van der Waals surface area contributed by atoms with E-state index in [1.807, 2.05) is 0 Å². The molecule has 0 saturated carbocycles. The number of ether oxygens (including phenoxy) is 2. The normalized spacial score (nSPS) is 20.6. The Hall–Kier alpha value is -2.33. The summed E-state index contributed by atoms with van der Waals surface area (Å²) in [5.41, 5.74) is -0.782. The van der Waals surface area contributed by atoms with Gasteiger partial charge in [0.2, 0.25) is 0 Å². The molecule has 0 aliphatic carbocycles. The van der Waals surface area contributed by atoms with Gasteiger partial charge in [-0.1, -0.05) is 18.2 Å². The number of β-lactam (4-membered cyclic amide) rings is 1. The van der Waals surface area contributed by atoms with E-state index in [4.69, 9.17) is 9.47 Å². The number of para-hydroxylation sites is 1. The molecule has 9 nitrogen and oxygen atoms in total. The molecule has 1 heterocycles. The number of amides is 2. The molecule has 0 bridgehead atoms. The van der Waals surface area contributed by atoms with Gasteiger partial charge in [-0.3, -0.25) is 9.35 Å². The molecule has 1 aromatic carbocycles. The maximum atomic E-state index is 12.0. The summed E-state index contributed by atoms with van der Waals surface area (Å²) in [5.74, 6) is -0.511. The van der Waals surface area contributed by atoms with Crippen LogP contribution in [0, 0.1) is 0 Å². The van der Waals surface area contributed by atoms with E-state index in [1.165, 1.54) is 0 Å². The highest BCUT2D eigenvalue weighted by atomic mass is 32.2. The summed E-state index contributed by atoms with van der Waals surface area (Å²) in [6, 6.07) is 6.24. The van der Waals surface area contributed by atoms with Crippen molar-refractivity contribution >= 4 is 22.3 Å². The number of hydrogen-bond donors (Lipinski definition) is 2. The van der Waals surface area contributed by atoms with Gasteiger partial charge in [0.25, 0.3) is 5.91 Å². The average Bonchev–Trinajstić information content (AvgIpc) is 2.46. The lowest BCUT2D eigenvalue weighted by Gasteiger charge is -2.43. The molecule has 2 atom stereocenters. The number of hydrogen-bond acceptors (Lipinski definition) is 6. The number of carbonyl (C=O) groups excluding carboxylic acids is 2. The van der Waals surface area contributed by atoms with E-state index >= 15 is 0 Å². The first-order valence-electron chi connectivity index (χ1n) is 7.47. The van der Waals surface area contributed by atoms with Gasteiger partial charge in [-0.2, -0.15) is 8.42 Å². The first-order valence-corrected chi connectivity index (χ1v) is 8.87. The largest absolute Gasteiger partial charge is 0.491 e.